The maximum absolute atomic E-state index is 13.0. The molecule has 0 aliphatic rings. The molecule has 2 N–H and O–H groups in total. The summed E-state index contributed by atoms with van der Waals surface area (Å²) in [4.78, 5) is 30.5. The summed E-state index contributed by atoms with van der Waals surface area (Å²) in [5.74, 6) is 0.160. The molecule has 7 heteroatoms. The van der Waals surface area contributed by atoms with E-state index in [4.69, 9.17) is 9.72 Å². The number of hydrogen-bond donors (Lipinski definition) is 2. The molecule has 3 aromatic carbocycles. The lowest BCUT2D eigenvalue weighted by atomic mass is 10.1. The molecule has 4 aromatic rings. The summed E-state index contributed by atoms with van der Waals surface area (Å²) in [5, 5.41) is 6.29. The van der Waals surface area contributed by atoms with Crippen molar-refractivity contribution >= 4 is 23.2 Å². The first kappa shape index (κ1) is 22.2. The predicted octanol–water partition coefficient (Wildman–Crippen LogP) is 4.53. The van der Waals surface area contributed by atoms with Crippen LogP contribution >= 0.6 is 11.3 Å². The van der Waals surface area contributed by atoms with E-state index in [0.717, 1.165) is 27.4 Å². The fraction of sp³-hybridized carbons (Fsp3) is 0.115. The van der Waals surface area contributed by atoms with Crippen molar-refractivity contribution in [1.29, 1.82) is 0 Å². The number of amides is 2. The number of carbonyl (C=O) groups excluding carboxylic acids is 2. The maximum atomic E-state index is 13.0. The Kier molecular flexibility index (Phi) is 7.12. The number of methoxy groups -OCH3 is 1. The van der Waals surface area contributed by atoms with Crippen LogP contribution in [0.15, 0.2) is 84.9 Å². The molecule has 1 heterocycles. The SMILES string of the molecule is COc1ccc(CNC(=O)CNC(=O)c2sc(-c3ccccc3)nc2-c2ccccc2)cc1. The van der Waals surface area contributed by atoms with Gasteiger partial charge >= 0.3 is 0 Å². The summed E-state index contributed by atoms with van der Waals surface area (Å²) < 4.78 is 5.13. The maximum Gasteiger partial charge on any atom is 0.264 e. The van der Waals surface area contributed by atoms with E-state index in [1.54, 1.807) is 7.11 Å². The van der Waals surface area contributed by atoms with E-state index in [1.165, 1.54) is 11.3 Å². The first-order valence-electron chi connectivity index (χ1n) is 10.4. The van der Waals surface area contributed by atoms with Crippen molar-refractivity contribution in [2.45, 2.75) is 6.54 Å². The van der Waals surface area contributed by atoms with Crippen LogP contribution in [0.25, 0.3) is 21.8 Å². The van der Waals surface area contributed by atoms with Crippen molar-refractivity contribution < 1.29 is 14.3 Å². The molecule has 166 valence electrons. The van der Waals surface area contributed by atoms with Gasteiger partial charge in [0.15, 0.2) is 0 Å². The van der Waals surface area contributed by atoms with Crippen LogP contribution in [0.4, 0.5) is 0 Å². The number of ether oxygens (including phenoxy) is 1. The van der Waals surface area contributed by atoms with Gasteiger partial charge in [-0.1, -0.05) is 72.8 Å². The lowest BCUT2D eigenvalue weighted by molar-refractivity contribution is -0.120. The van der Waals surface area contributed by atoms with Gasteiger partial charge in [0.05, 0.1) is 19.3 Å². The molecule has 0 saturated heterocycles. The van der Waals surface area contributed by atoms with Gasteiger partial charge in [-0.2, -0.15) is 0 Å². The van der Waals surface area contributed by atoms with Crippen molar-refractivity contribution in [3.63, 3.8) is 0 Å². The average molecular weight is 458 g/mol. The minimum absolute atomic E-state index is 0.123. The Morgan fingerprint density at radius 1 is 0.848 bits per heavy atom. The second kappa shape index (κ2) is 10.6. The van der Waals surface area contributed by atoms with Crippen LogP contribution in [0.3, 0.4) is 0 Å². The van der Waals surface area contributed by atoms with E-state index >= 15 is 0 Å². The van der Waals surface area contributed by atoms with E-state index in [0.29, 0.717) is 17.1 Å². The molecule has 1 aromatic heterocycles. The molecule has 33 heavy (non-hydrogen) atoms. The van der Waals surface area contributed by atoms with Gasteiger partial charge in [-0.05, 0) is 17.7 Å². The highest BCUT2D eigenvalue weighted by atomic mass is 32.1. The number of nitrogens with one attached hydrogen (secondary N) is 2. The van der Waals surface area contributed by atoms with Gasteiger partial charge in [-0.3, -0.25) is 9.59 Å². The molecular formula is C26H23N3O3S. The fourth-order valence-electron chi connectivity index (χ4n) is 3.22. The normalized spacial score (nSPS) is 10.5. The molecule has 0 bridgehead atoms. The lowest BCUT2D eigenvalue weighted by Gasteiger charge is -2.08. The Balaban J connectivity index is 1.44. The van der Waals surface area contributed by atoms with Crippen molar-refractivity contribution in [3.8, 4) is 27.6 Å². The second-order valence-electron chi connectivity index (χ2n) is 7.24. The van der Waals surface area contributed by atoms with Gasteiger partial charge in [0, 0.05) is 17.7 Å². The molecule has 0 aliphatic heterocycles. The van der Waals surface area contributed by atoms with E-state index in [-0.39, 0.29) is 18.4 Å². The van der Waals surface area contributed by atoms with Crippen LogP contribution in [0, 0.1) is 0 Å². The van der Waals surface area contributed by atoms with Gasteiger partial charge in [0.25, 0.3) is 5.91 Å². The summed E-state index contributed by atoms with van der Waals surface area (Å²) in [6.07, 6.45) is 0. The topological polar surface area (TPSA) is 80.3 Å². The van der Waals surface area contributed by atoms with E-state index < -0.39 is 0 Å². The van der Waals surface area contributed by atoms with Crippen LogP contribution in [0.5, 0.6) is 5.75 Å². The van der Waals surface area contributed by atoms with Gasteiger partial charge in [-0.15, -0.1) is 11.3 Å². The zero-order valence-corrected chi connectivity index (χ0v) is 18.9. The Hall–Kier alpha value is -3.97. The Bertz CT molecular complexity index is 1220. The van der Waals surface area contributed by atoms with Gasteiger partial charge in [-0.25, -0.2) is 4.98 Å². The molecule has 0 aliphatic carbocycles. The average Bonchev–Trinajstić information content (AvgIpc) is 3.33. The first-order valence-corrected chi connectivity index (χ1v) is 11.2. The van der Waals surface area contributed by atoms with Gasteiger partial charge < -0.3 is 15.4 Å². The summed E-state index contributed by atoms with van der Waals surface area (Å²) >= 11 is 1.31. The van der Waals surface area contributed by atoms with Crippen LogP contribution in [0.2, 0.25) is 0 Å². The molecule has 2 amide bonds. The summed E-state index contributed by atoms with van der Waals surface area (Å²) in [5.41, 5.74) is 3.34. The van der Waals surface area contributed by atoms with Gasteiger partial charge in [0.1, 0.15) is 15.6 Å². The van der Waals surface area contributed by atoms with E-state index in [2.05, 4.69) is 10.6 Å². The van der Waals surface area contributed by atoms with Crippen LogP contribution in [0.1, 0.15) is 15.2 Å². The highest BCUT2D eigenvalue weighted by Gasteiger charge is 2.20. The molecule has 0 unspecified atom stereocenters. The number of thiazole rings is 1. The fourth-order valence-corrected chi connectivity index (χ4v) is 4.23. The second-order valence-corrected chi connectivity index (χ2v) is 8.24. The molecule has 0 spiro atoms. The lowest BCUT2D eigenvalue weighted by Crippen LogP contribution is -2.36. The van der Waals surface area contributed by atoms with Crippen LogP contribution < -0.4 is 15.4 Å². The monoisotopic (exact) mass is 457 g/mol. The number of carbonyl (C=O) groups is 2. The standard InChI is InChI=1S/C26H23N3O3S/c1-32-21-14-12-18(13-15-21)16-27-22(30)17-28-25(31)24-23(19-8-4-2-5-9-19)29-26(33-24)20-10-6-3-7-11-20/h2-15H,16-17H2,1H3,(H,27,30)(H,28,31). The number of aromatic nitrogens is 1. The third kappa shape index (κ3) is 5.64. The predicted molar refractivity (Wildman–Crippen MR) is 130 cm³/mol. The Labute approximate surface area is 196 Å². The molecule has 4 rings (SSSR count). The number of benzene rings is 3. The van der Waals surface area contributed by atoms with E-state index in [1.807, 2.05) is 84.9 Å². The van der Waals surface area contributed by atoms with Crippen LogP contribution in [-0.2, 0) is 11.3 Å². The molecule has 0 saturated carbocycles. The van der Waals surface area contributed by atoms with Crippen molar-refractivity contribution in [2.75, 3.05) is 13.7 Å². The Morgan fingerprint density at radius 2 is 1.48 bits per heavy atom. The minimum Gasteiger partial charge on any atom is -0.497 e. The summed E-state index contributed by atoms with van der Waals surface area (Å²) in [7, 11) is 1.61. The highest BCUT2D eigenvalue weighted by Crippen LogP contribution is 2.33. The largest absolute Gasteiger partial charge is 0.497 e. The van der Waals surface area contributed by atoms with Gasteiger partial charge in [0.2, 0.25) is 5.91 Å². The summed E-state index contributed by atoms with van der Waals surface area (Å²) in [6.45, 7) is 0.245. The zero-order chi connectivity index (χ0) is 23.0. The molecule has 0 radical (unpaired) electrons. The van der Waals surface area contributed by atoms with Crippen molar-refractivity contribution in [1.82, 2.24) is 15.6 Å². The molecule has 0 fully saturated rings. The quantitative estimate of drug-likeness (QED) is 0.407. The third-order valence-electron chi connectivity index (χ3n) is 4.96. The third-order valence-corrected chi connectivity index (χ3v) is 6.06. The number of nitrogens with zero attached hydrogens (tertiary/aromatic N) is 1. The minimum atomic E-state index is -0.326. The number of hydrogen-bond acceptors (Lipinski definition) is 5. The molecular weight excluding hydrogens is 434 g/mol. The molecule has 0 atom stereocenters. The molecule has 6 nitrogen and oxygen atoms in total. The van der Waals surface area contributed by atoms with Crippen LogP contribution in [-0.4, -0.2) is 30.5 Å². The highest BCUT2D eigenvalue weighted by molar-refractivity contribution is 7.17. The summed E-state index contributed by atoms with van der Waals surface area (Å²) in [6, 6.07) is 26.7. The van der Waals surface area contributed by atoms with Crippen molar-refractivity contribution in [3.05, 3.63) is 95.4 Å². The first-order chi connectivity index (χ1) is 16.1. The van der Waals surface area contributed by atoms with E-state index in [9.17, 15) is 9.59 Å². The Morgan fingerprint density at radius 3 is 2.12 bits per heavy atom. The smallest absolute Gasteiger partial charge is 0.264 e. The number of rotatable bonds is 8. The zero-order valence-electron chi connectivity index (χ0n) is 18.1. The van der Waals surface area contributed by atoms with Crippen molar-refractivity contribution in [2.24, 2.45) is 0 Å².